The van der Waals surface area contributed by atoms with Crippen LogP contribution in [-0.2, 0) is 4.79 Å². The van der Waals surface area contributed by atoms with Crippen molar-refractivity contribution in [3.05, 3.63) is 35.6 Å². The maximum absolute atomic E-state index is 13.4. The Morgan fingerprint density at radius 2 is 2.00 bits per heavy atom. The van der Waals surface area contributed by atoms with E-state index in [4.69, 9.17) is 5.11 Å². The first kappa shape index (κ1) is 11.7. The van der Waals surface area contributed by atoms with Gasteiger partial charge in [-0.05, 0) is 18.4 Å². The van der Waals surface area contributed by atoms with Crippen LogP contribution >= 0.6 is 0 Å². The number of hydrogen-bond acceptors (Lipinski definition) is 1. The van der Waals surface area contributed by atoms with Gasteiger partial charge in [-0.1, -0.05) is 32.0 Å². The normalized spacial score (nSPS) is 12.8. The van der Waals surface area contributed by atoms with Gasteiger partial charge in [0.05, 0.1) is 5.92 Å². The van der Waals surface area contributed by atoms with Crippen LogP contribution in [0, 0.1) is 11.7 Å². The first-order valence-electron chi connectivity index (χ1n) is 4.99. The molecule has 0 radical (unpaired) electrons. The Bertz CT molecular complexity index is 347. The molecule has 1 N–H and O–H groups in total. The quantitative estimate of drug-likeness (QED) is 0.829. The van der Waals surface area contributed by atoms with Gasteiger partial charge in [-0.15, -0.1) is 0 Å². The Labute approximate surface area is 88.7 Å². The highest BCUT2D eigenvalue weighted by Crippen LogP contribution is 2.26. The third-order valence-electron chi connectivity index (χ3n) is 2.29. The lowest BCUT2D eigenvalue weighted by Gasteiger charge is -2.15. The number of benzene rings is 1. The second-order valence-corrected chi connectivity index (χ2v) is 4.04. The molecule has 2 nitrogen and oxygen atoms in total. The third-order valence-corrected chi connectivity index (χ3v) is 2.29. The van der Waals surface area contributed by atoms with Crippen molar-refractivity contribution in [1.29, 1.82) is 0 Å². The number of aliphatic carboxylic acids is 1. The van der Waals surface area contributed by atoms with Gasteiger partial charge in [-0.2, -0.15) is 0 Å². The molecule has 3 heteroatoms. The van der Waals surface area contributed by atoms with E-state index in [1.807, 2.05) is 13.8 Å². The largest absolute Gasteiger partial charge is 0.481 e. The van der Waals surface area contributed by atoms with Crippen LogP contribution in [0.2, 0.25) is 0 Å². The molecular weight excluding hydrogens is 195 g/mol. The molecule has 1 rings (SSSR count). The van der Waals surface area contributed by atoms with E-state index in [1.54, 1.807) is 12.1 Å². The van der Waals surface area contributed by atoms with Gasteiger partial charge in [0.1, 0.15) is 5.82 Å². The number of rotatable bonds is 4. The predicted octanol–water partition coefficient (Wildman–Crippen LogP) is 3.04. The zero-order valence-electron chi connectivity index (χ0n) is 8.90. The number of carbonyl (C=O) groups is 1. The Kier molecular flexibility index (Phi) is 3.83. The summed E-state index contributed by atoms with van der Waals surface area (Å²) < 4.78 is 13.4. The molecule has 0 bridgehead atoms. The van der Waals surface area contributed by atoms with Crippen molar-refractivity contribution >= 4 is 5.97 Å². The summed E-state index contributed by atoms with van der Waals surface area (Å²) in [6, 6.07) is 6.06. The fourth-order valence-electron chi connectivity index (χ4n) is 1.59. The molecule has 0 fully saturated rings. The summed E-state index contributed by atoms with van der Waals surface area (Å²) in [5.74, 6) is -1.92. The summed E-state index contributed by atoms with van der Waals surface area (Å²) in [6.45, 7) is 3.85. The summed E-state index contributed by atoms with van der Waals surface area (Å²) in [6.07, 6.45) is 0.455. The van der Waals surface area contributed by atoms with Gasteiger partial charge in [0.2, 0.25) is 0 Å². The minimum atomic E-state index is -0.964. The molecule has 0 aliphatic carbocycles. The molecule has 82 valence electrons. The van der Waals surface area contributed by atoms with E-state index in [0.717, 1.165) is 0 Å². The lowest BCUT2D eigenvalue weighted by molar-refractivity contribution is -0.139. The molecule has 0 heterocycles. The molecule has 0 amide bonds. The number of hydrogen-bond donors (Lipinski definition) is 1. The monoisotopic (exact) mass is 210 g/mol. The van der Waals surface area contributed by atoms with Crippen LogP contribution in [0.3, 0.4) is 0 Å². The maximum atomic E-state index is 13.4. The smallest absolute Gasteiger partial charge is 0.311 e. The van der Waals surface area contributed by atoms with E-state index in [-0.39, 0.29) is 11.5 Å². The molecule has 0 saturated carbocycles. The summed E-state index contributed by atoms with van der Waals surface area (Å²) in [5, 5.41) is 9.03. The van der Waals surface area contributed by atoms with E-state index in [1.165, 1.54) is 12.1 Å². The van der Waals surface area contributed by atoms with Crippen molar-refractivity contribution < 1.29 is 14.3 Å². The van der Waals surface area contributed by atoms with Gasteiger partial charge in [0.15, 0.2) is 0 Å². The topological polar surface area (TPSA) is 37.3 Å². The highest BCUT2D eigenvalue weighted by atomic mass is 19.1. The minimum Gasteiger partial charge on any atom is -0.481 e. The van der Waals surface area contributed by atoms with Crippen molar-refractivity contribution in [1.82, 2.24) is 0 Å². The van der Waals surface area contributed by atoms with Crippen molar-refractivity contribution in [2.45, 2.75) is 26.2 Å². The maximum Gasteiger partial charge on any atom is 0.311 e. The predicted molar refractivity (Wildman–Crippen MR) is 56.2 cm³/mol. The SMILES string of the molecule is CC(C)CC(C(=O)O)c1ccccc1F. The average Bonchev–Trinajstić information content (AvgIpc) is 2.15. The zero-order chi connectivity index (χ0) is 11.4. The minimum absolute atomic E-state index is 0.228. The summed E-state index contributed by atoms with van der Waals surface area (Å²) in [5.41, 5.74) is 0.277. The van der Waals surface area contributed by atoms with Crippen LogP contribution in [0.25, 0.3) is 0 Å². The first-order valence-corrected chi connectivity index (χ1v) is 4.99. The highest BCUT2D eigenvalue weighted by Gasteiger charge is 2.23. The van der Waals surface area contributed by atoms with Crippen LogP contribution in [0.4, 0.5) is 4.39 Å². The molecule has 15 heavy (non-hydrogen) atoms. The van der Waals surface area contributed by atoms with Crippen molar-refractivity contribution in [3.63, 3.8) is 0 Å². The molecule has 0 saturated heterocycles. The lowest BCUT2D eigenvalue weighted by atomic mass is 9.90. The molecule has 1 atom stereocenters. The Morgan fingerprint density at radius 1 is 1.40 bits per heavy atom. The molecule has 0 aliphatic heterocycles. The third kappa shape index (κ3) is 3.05. The van der Waals surface area contributed by atoms with Crippen LogP contribution in [0.15, 0.2) is 24.3 Å². The van der Waals surface area contributed by atoms with Crippen LogP contribution in [0.5, 0.6) is 0 Å². The fourth-order valence-corrected chi connectivity index (χ4v) is 1.59. The first-order chi connectivity index (χ1) is 7.02. The van der Waals surface area contributed by atoms with Crippen molar-refractivity contribution in [3.8, 4) is 0 Å². The van der Waals surface area contributed by atoms with E-state index >= 15 is 0 Å². The zero-order valence-corrected chi connectivity index (χ0v) is 8.90. The van der Waals surface area contributed by atoms with Crippen molar-refractivity contribution in [2.75, 3.05) is 0 Å². The Balaban J connectivity index is 2.99. The Hall–Kier alpha value is -1.38. The van der Waals surface area contributed by atoms with Gasteiger partial charge < -0.3 is 5.11 Å². The highest BCUT2D eigenvalue weighted by molar-refractivity contribution is 5.76. The van der Waals surface area contributed by atoms with E-state index in [9.17, 15) is 9.18 Å². The van der Waals surface area contributed by atoms with Gasteiger partial charge in [0, 0.05) is 5.56 Å². The van der Waals surface area contributed by atoms with Crippen LogP contribution < -0.4 is 0 Å². The van der Waals surface area contributed by atoms with Crippen LogP contribution in [0.1, 0.15) is 31.7 Å². The molecule has 1 aromatic rings. The lowest BCUT2D eigenvalue weighted by Crippen LogP contribution is -2.15. The average molecular weight is 210 g/mol. The number of halogens is 1. The standard InChI is InChI=1S/C12H15FO2/c1-8(2)7-10(12(14)15)9-5-3-4-6-11(9)13/h3-6,8,10H,7H2,1-2H3,(H,14,15). The second kappa shape index (κ2) is 4.91. The Morgan fingerprint density at radius 3 is 2.47 bits per heavy atom. The molecule has 0 aliphatic rings. The van der Waals surface area contributed by atoms with E-state index in [0.29, 0.717) is 6.42 Å². The fraction of sp³-hybridized carbons (Fsp3) is 0.417. The van der Waals surface area contributed by atoms with Crippen LogP contribution in [-0.4, -0.2) is 11.1 Å². The summed E-state index contributed by atoms with van der Waals surface area (Å²) >= 11 is 0. The molecule has 0 aromatic heterocycles. The van der Waals surface area contributed by atoms with Gasteiger partial charge in [-0.3, -0.25) is 4.79 Å². The number of carboxylic acid groups (broad SMARTS) is 1. The number of carboxylic acids is 1. The molecular formula is C12H15FO2. The summed E-state index contributed by atoms with van der Waals surface area (Å²) in [4.78, 5) is 11.0. The van der Waals surface area contributed by atoms with E-state index in [2.05, 4.69) is 0 Å². The molecule has 0 spiro atoms. The van der Waals surface area contributed by atoms with Gasteiger partial charge in [0.25, 0.3) is 0 Å². The van der Waals surface area contributed by atoms with E-state index < -0.39 is 17.7 Å². The second-order valence-electron chi connectivity index (χ2n) is 4.04. The van der Waals surface area contributed by atoms with Crippen molar-refractivity contribution in [2.24, 2.45) is 5.92 Å². The molecule has 1 unspecified atom stereocenters. The van der Waals surface area contributed by atoms with Gasteiger partial charge in [-0.25, -0.2) is 4.39 Å². The molecule has 1 aromatic carbocycles. The van der Waals surface area contributed by atoms with Gasteiger partial charge >= 0.3 is 5.97 Å². The summed E-state index contributed by atoms with van der Waals surface area (Å²) in [7, 11) is 0.